The molecule has 0 bridgehead atoms. The molecular weight excluding hydrogens is 302 g/mol. The highest BCUT2D eigenvalue weighted by Gasteiger charge is 2.24. The first-order valence-electron chi connectivity index (χ1n) is 6.82. The Morgan fingerprint density at radius 1 is 1.18 bits per heavy atom. The molecule has 0 atom stereocenters. The highest BCUT2D eigenvalue weighted by Crippen LogP contribution is 2.14. The number of amides is 2. The van der Waals surface area contributed by atoms with E-state index in [-0.39, 0.29) is 22.2 Å². The second-order valence-corrected chi connectivity index (χ2v) is 5.29. The van der Waals surface area contributed by atoms with Crippen molar-refractivity contribution in [3.8, 4) is 0 Å². The third-order valence-electron chi connectivity index (χ3n) is 3.31. The van der Waals surface area contributed by atoms with Gasteiger partial charge in [0, 0.05) is 13.1 Å². The lowest BCUT2D eigenvalue weighted by Crippen LogP contribution is -2.40. The van der Waals surface area contributed by atoms with Crippen LogP contribution in [0.4, 0.5) is 5.69 Å². The van der Waals surface area contributed by atoms with Crippen LogP contribution in [0.1, 0.15) is 23.2 Å². The van der Waals surface area contributed by atoms with E-state index in [9.17, 15) is 9.59 Å². The third-order valence-corrected chi connectivity index (χ3v) is 3.50. The fourth-order valence-corrected chi connectivity index (χ4v) is 2.32. The summed E-state index contributed by atoms with van der Waals surface area (Å²) in [6.45, 7) is 1.33. The van der Waals surface area contributed by atoms with Crippen molar-refractivity contribution in [3.05, 3.63) is 29.8 Å². The van der Waals surface area contributed by atoms with E-state index in [0.29, 0.717) is 18.8 Å². The van der Waals surface area contributed by atoms with Gasteiger partial charge in [0.1, 0.15) is 4.99 Å². The summed E-state index contributed by atoms with van der Waals surface area (Å²) in [5, 5.41) is 3.98. The first kappa shape index (κ1) is 15.9. The van der Waals surface area contributed by atoms with Gasteiger partial charge >= 0.3 is 0 Å². The standard InChI is InChI=1S/C14H17N5O2S/c15-12(20)9-5-1-2-6-10(9)17-18-11(13(16)22)14(21)19-7-3-4-8-19/h1-2,5-6,17H,3-4,7-8H2,(H2,15,20)(H2,16,22)/b18-11+. The molecule has 22 heavy (non-hydrogen) atoms. The molecule has 0 radical (unpaired) electrons. The van der Waals surface area contributed by atoms with Gasteiger partial charge in [0.15, 0.2) is 5.71 Å². The van der Waals surface area contributed by atoms with Gasteiger partial charge in [-0.1, -0.05) is 24.4 Å². The minimum absolute atomic E-state index is 0.0313. The quantitative estimate of drug-likeness (QED) is 0.414. The number of hydrazone groups is 1. The number of anilines is 1. The van der Waals surface area contributed by atoms with Gasteiger partial charge in [-0.15, -0.1) is 0 Å². The maximum Gasteiger partial charge on any atom is 0.277 e. The summed E-state index contributed by atoms with van der Waals surface area (Å²) in [5.74, 6) is -0.907. The maximum absolute atomic E-state index is 12.3. The molecule has 1 fully saturated rings. The van der Waals surface area contributed by atoms with Crippen LogP contribution in [-0.2, 0) is 4.79 Å². The summed E-state index contributed by atoms with van der Waals surface area (Å²) in [5.41, 5.74) is 14.1. The number of carbonyl (C=O) groups is 2. The van der Waals surface area contributed by atoms with Gasteiger partial charge in [0.2, 0.25) is 0 Å². The van der Waals surface area contributed by atoms with Crippen molar-refractivity contribution in [2.24, 2.45) is 16.6 Å². The van der Waals surface area contributed by atoms with Crippen LogP contribution in [0.15, 0.2) is 29.4 Å². The van der Waals surface area contributed by atoms with Crippen LogP contribution < -0.4 is 16.9 Å². The van der Waals surface area contributed by atoms with Gasteiger partial charge in [0.05, 0.1) is 11.3 Å². The first-order valence-corrected chi connectivity index (χ1v) is 7.23. The zero-order valence-corrected chi connectivity index (χ0v) is 12.7. The maximum atomic E-state index is 12.3. The SMILES string of the molecule is NC(=O)c1ccccc1N/N=C(/C(=O)N1CCCC1)C(N)=S. The Labute approximate surface area is 133 Å². The summed E-state index contributed by atoms with van der Waals surface area (Å²) >= 11 is 4.90. The predicted octanol–water partition coefficient (Wildman–Crippen LogP) is 0.462. The van der Waals surface area contributed by atoms with Crippen LogP contribution >= 0.6 is 12.2 Å². The van der Waals surface area contributed by atoms with Crippen molar-refractivity contribution in [2.45, 2.75) is 12.8 Å². The second-order valence-electron chi connectivity index (χ2n) is 4.85. The zero-order chi connectivity index (χ0) is 16.1. The smallest absolute Gasteiger partial charge is 0.277 e. The van der Waals surface area contributed by atoms with Crippen LogP contribution in [0.3, 0.4) is 0 Å². The van der Waals surface area contributed by atoms with E-state index in [0.717, 1.165) is 12.8 Å². The van der Waals surface area contributed by atoms with Gasteiger partial charge in [-0.05, 0) is 25.0 Å². The third kappa shape index (κ3) is 3.59. The molecule has 116 valence electrons. The van der Waals surface area contributed by atoms with E-state index in [2.05, 4.69) is 10.5 Å². The summed E-state index contributed by atoms with van der Waals surface area (Å²) in [6, 6.07) is 6.58. The Kier molecular flexibility index (Phi) is 5.05. The van der Waals surface area contributed by atoms with Crippen molar-refractivity contribution in [1.82, 2.24) is 4.90 Å². The number of primary amides is 1. The summed E-state index contributed by atoms with van der Waals surface area (Å²) in [7, 11) is 0. The lowest BCUT2D eigenvalue weighted by Gasteiger charge is -2.16. The number of hydrogen-bond acceptors (Lipinski definition) is 5. The summed E-state index contributed by atoms with van der Waals surface area (Å²) in [6.07, 6.45) is 1.91. The number of hydrogen-bond donors (Lipinski definition) is 3. The van der Waals surface area contributed by atoms with Crippen LogP contribution in [0.2, 0.25) is 0 Å². The Hall–Kier alpha value is -2.48. The van der Waals surface area contributed by atoms with Crippen LogP contribution in [0.5, 0.6) is 0 Å². The van der Waals surface area contributed by atoms with E-state index in [1.165, 1.54) is 0 Å². The van der Waals surface area contributed by atoms with Crippen LogP contribution in [0, 0.1) is 0 Å². The van der Waals surface area contributed by atoms with Gasteiger partial charge in [-0.2, -0.15) is 5.10 Å². The number of rotatable bonds is 5. The molecule has 0 aromatic heterocycles. The lowest BCUT2D eigenvalue weighted by atomic mass is 10.2. The van der Waals surface area contributed by atoms with E-state index in [4.69, 9.17) is 23.7 Å². The molecule has 1 aliphatic heterocycles. The molecule has 1 aromatic carbocycles. The predicted molar refractivity (Wildman–Crippen MR) is 88.6 cm³/mol. The first-order chi connectivity index (χ1) is 10.5. The largest absolute Gasteiger partial charge is 0.388 e. The Bertz CT molecular complexity index is 638. The number of carbonyl (C=O) groups excluding carboxylic acids is 2. The molecule has 2 rings (SSSR count). The van der Waals surface area contributed by atoms with Gasteiger partial charge in [0.25, 0.3) is 11.8 Å². The number of nitrogens with zero attached hydrogens (tertiary/aromatic N) is 2. The molecule has 1 saturated heterocycles. The number of likely N-dealkylation sites (tertiary alicyclic amines) is 1. The lowest BCUT2D eigenvalue weighted by molar-refractivity contribution is -0.122. The highest BCUT2D eigenvalue weighted by atomic mass is 32.1. The molecule has 1 aromatic rings. The molecule has 0 aliphatic carbocycles. The van der Waals surface area contributed by atoms with Gasteiger partial charge in [-0.3, -0.25) is 15.0 Å². The molecular formula is C14H17N5O2S. The molecule has 0 spiro atoms. The molecule has 0 saturated carbocycles. The van der Waals surface area contributed by atoms with Crippen LogP contribution in [0.25, 0.3) is 0 Å². The Morgan fingerprint density at radius 2 is 1.82 bits per heavy atom. The van der Waals surface area contributed by atoms with E-state index >= 15 is 0 Å². The minimum Gasteiger partial charge on any atom is -0.388 e. The van der Waals surface area contributed by atoms with Crippen LogP contribution in [-0.4, -0.2) is 40.5 Å². The van der Waals surface area contributed by atoms with E-state index in [1.54, 1.807) is 29.2 Å². The average molecular weight is 319 g/mol. The fourth-order valence-electron chi connectivity index (χ4n) is 2.19. The molecule has 7 nitrogen and oxygen atoms in total. The average Bonchev–Trinajstić information content (AvgIpc) is 3.01. The molecule has 5 N–H and O–H groups in total. The van der Waals surface area contributed by atoms with E-state index < -0.39 is 5.91 Å². The number of nitrogens with one attached hydrogen (secondary N) is 1. The summed E-state index contributed by atoms with van der Waals surface area (Å²) in [4.78, 5) is 25.2. The molecule has 1 aliphatic rings. The fraction of sp³-hybridized carbons (Fsp3) is 0.286. The molecule has 1 heterocycles. The Balaban J connectivity index is 2.23. The van der Waals surface area contributed by atoms with Crippen molar-refractivity contribution in [2.75, 3.05) is 18.5 Å². The topological polar surface area (TPSA) is 114 Å². The number of benzene rings is 1. The normalized spacial score (nSPS) is 14.7. The van der Waals surface area contributed by atoms with Gasteiger partial charge in [-0.25, -0.2) is 0 Å². The number of thiocarbonyl (C=S) groups is 1. The highest BCUT2D eigenvalue weighted by molar-refractivity contribution is 7.82. The van der Waals surface area contributed by atoms with Crippen molar-refractivity contribution < 1.29 is 9.59 Å². The van der Waals surface area contributed by atoms with Crippen molar-refractivity contribution >= 4 is 40.4 Å². The number of nitrogens with two attached hydrogens (primary N) is 2. The zero-order valence-electron chi connectivity index (χ0n) is 11.9. The molecule has 0 unspecified atom stereocenters. The minimum atomic E-state index is -0.596. The Morgan fingerprint density at radius 3 is 2.41 bits per heavy atom. The second kappa shape index (κ2) is 6.99. The molecule has 8 heteroatoms. The number of para-hydroxylation sites is 1. The molecule has 2 amide bonds. The van der Waals surface area contributed by atoms with E-state index in [1.807, 2.05) is 0 Å². The van der Waals surface area contributed by atoms with Crippen molar-refractivity contribution in [1.29, 1.82) is 0 Å². The van der Waals surface area contributed by atoms with Gasteiger partial charge < -0.3 is 16.4 Å². The monoisotopic (exact) mass is 319 g/mol. The summed E-state index contributed by atoms with van der Waals surface area (Å²) < 4.78 is 0. The van der Waals surface area contributed by atoms with Crippen molar-refractivity contribution in [3.63, 3.8) is 0 Å².